The summed E-state index contributed by atoms with van der Waals surface area (Å²) in [5.74, 6) is 0.631. The first-order chi connectivity index (χ1) is 9.10. The minimum atomic E-state index is -0.422. The Bertz CT molecular complexity index is 602. The lowest BCUT2D eigenvalue weighted by Crippen LogP contribution is -1.97. The second-order valence-electron chi connectivity index (χ2n) is 3.68. The molecular weight excluding hydrogens is 354 g/mol. The summed E-state index contributed by atoms with van der Waals surface area (Å²) in [7, 11) is 0. The number of halogens is 2. The van der Waals surface area contributed by atoms with E-state index in [-0.39, 0.29) is 5.69 Å². The molecule has 0 unspecified atom stereocenters. The molecule has 1 heterocycles. The van der Waals surface area contributed by atoms with Gasteiger partial charge >= 0.3 is 0 Å². The van der Waals surface area contributed by atoms with Crippen molar-refractivity contribution in [2.75, 3.05) is 0 Å². The number of nitro benzene ring substituents is 1. The summed E-state index contributed by atoms with van der Waals surface area (Å²) >= 11 is 10.6. The minimum absolute atomic E-state index is 0.0565. The number of ether oxygens (including phenoxy) is 1. The molecule has 0 aliphatic rings. The third-order valence-corrected chi connectivity index (χ3v) is 4.21. The van der Waals surface area contributed by atoms with Crippen LogP contribution in [0.2, 0.25) is 4.34 Å². The van der Waals surface area contributed by atoms with Gasteiger partial charge in [-0.2, -0.15) is 0 Å². The first kappa shape index (κ1) is 14.3. The van der Waals surface area contributed by atoms with Crippen molar-refractivity contribution in [3.63, 3.8) is 0 Å². The number of thiophene rings is 1. The van der Waals surface area contributed by atoms with Gasteiger partial charge < -0.3 is 4.74 Å². The molecule has 4 nitrogen and oxygen atoms in total. The van der Waals surface area contributed by atoms with Crippen LogP contribution in [0.25, 0.3) is 0 Å². The van der Waals surface area contributed by atoms with Crippen molar-refractivity contribution >= 4 is 44.6 Å². The van der Waals surface area contributed by atoms with Crippen molar-refractivity contribution in [2.45, 2.75) is 11.9 Å². The molecule has 100 valence electrons. The number of hydrogen-bond acceptors (Lipinski definition) is 4. The van der Waals surface area contributed by atoms with E-state index in [0.29, 0.717) is 22.0 Å². The first-order valence-electron chi connectivity index (χ1n) is 5.30. The van der Waals surface area contributed by atoms with Gasteiger partial charge in [0, 0.05) is 27.9 Å². The zero-order chi connectivity index (χ0) is 13.8. The monoisotopic (exact) mass is 361 g/mol. The van der Waals surface area contributed by atoms with E-state index >= 15 is 0 Å². The van der Waals surface area contributed by atoms with E-state index < -0.39 is 4.92 Å². The molecule has 0 spiro atoms. The molecule has 1 aromatic carbocycles. The smallest absolute Gasteiger partial charge is 0.270 e. The van der Waals surface area contributed by atoms with Crippen molar-refractivity contribution in [2.24, 2.45) is 0 Å². The fourth-order valence-electron chi connectivity index (χ4n) is 1.50. The lowest BCUT2D eigenvalue weighted by Gasteiger charge is -2.08. The summed E-state index contributed by atoms with van der Waals surface area (Å²) < 4.78 is 6.37. The second kappa shape index (κ2) is 6.36. The molecule has 0 saturated carbocycles. The van der Waals surface area contributed by atoms with Gasteiger partial charge in [-0.1, -0.05) is 27.5 Å². The molecule has 7 heteroatoms. The maximum atomic E-state index is 10.7. The van der Waals surface area contributed by atoms with E-state index in [9.17, 15) is 10.1 Å². The Kier molecular flexibility index (Phi) is 4.79. The Morgan fingerprint density at radius 2 is 2.16 bits per heavy atom. The molecule has 0 atom stereocenters. The summed E-state index contributed by atoms with van der Waals surface area (Å²) in [6, 6.07) is 8.26. The van der Waals surface area contributed by atoms with Crippen LogP contribution in [0, 0.1) is 10.1 Å². The third kappa shape index (κ3) is 3.68. The molecule has 0 aliphatic carbocycles. The number of non-ortho nitro benzene ring substituents is 1. The highest BCUT2D eigenvalue weighted by atomic mass is 79.9. The lowest BCUT2D eigenvalue weighted by molar-refractivity contribution is -0.384. The van der Waals surface area contributed by atoms with Crippen LogP contribution in [0.1, 0.15) is 10.4 Å². The number of rotatable bonds is 5. The largest absolute Gasteiger partial charge is 0.488 e. The fraction of sp³-hybridized carbons (Fsp3) is 0.167. The fourth-order valence-corrected chi connectivity index (χ4v) is 2.94. The van der Waals surface area contributed by atoms with Crippen LogP contribution in [0.15, 0.2) is 30.3 Å². The molecule has 2 rings (SSSR count). The highest BCUT2D eigenvalue weighted by molar-refractivity contribution is 9.08. The van der Waals surface area contributed by atoms with Gasteiger partial charge in [0.2, 0.25) is 0 Å². The van der Waals surface area contributed by atoms with Gasteiger partial charge in [0.1, 0.15) is 12.4 Å². The van der Waals surface area contributed by atoms with Gasteiger partial charge in [-0.15, -0.1) is 11.3 Å². The maximum Gasteiger partial charge on any atom is 0.270 e. The predicted molar refractivity (Wildman–Crippen MR) is 79.4 cm³/mol. The molecule has 1 aromatic heterocycles. The van der Waals surface area contributed by atoms with E-state index in [0.717, 1.165) is 10.4 Å². The van der Waals surface area contributed by atoms with Crippen molar-refractivity contribution in [3.8, 4) is 5.75 Å². The van der Waals surface area contributed by atoms with Gasteiger partial charge in [-0.3, -0.25) is 10.1 Å². The van der Waals surface area contributed by atoms with Gasteiger partial charge in [-0.05, 0) is 18.2 Å². The Morgan fingerprint density at radius 3 is 2.74 bits per heavy atom. The molecular formula is C12H9BrClNO3S. The Hall–Kier alpha value is -1.11. The van der Waals surface area contributed by atoms with Gasteiger partial charge in [0.05, 0.1) is 9.26 Å². The zero-order valence-corrected chi connectivity index (χ0v) is 12.8. The quantitative estimate of drug-likeness (QED) is 0.437. The Balaban J connectivity index is 2.13. The van der Waals surface area contributed by atoms with Crippen LogP contribution in [0.4, 0.5) is 5.69 Å². The van der Waals surface area contributed by atoms with Crippen LogP contribution in [0.3, 0.4) is 0 Å². The van der Waals surface area contributed by atoms with Gasteiger partial charge in [0.15, 0.2) is 0 Å². The topological polar surface area (TPSA) is 52.4 Å². The number of benzene rings is 1. The van der Waals surface area contributed by atoms with Gasteiger partial charge in [0.25, 0.3) is 5.69 Å². The number of nitrogens with zero attached hydrogens (tertiary/aromatic N) is 1. The number of nitro groups is 1. The van der Waals surface area contributed by atoms with Crippen molar-refractivity contribution in [1.29, 1.82) is 0 Å². The minimum Gasteiger partial charge on any atom is -0.488 e. The predicted octanol–water partition coefficient (Wildman–Crippen LogP) is 4.78. The van der Waals surface area contributed by atoms with Crippen LogP contribution in [-0.4, -0.2) is 4.92 Å². The normalized spacial score (nSPS) is 10.4. The summed E-state index contributed by atoms with van der Waals surface area (Å²) in [6.07, 6.45) is 0. The molecule has 19 heavy (non-hydrogen) atoms. The average Bonchev–Trinajstić information content (AvgIpc) is 2.81. The van der Waals surface area contributed by atoms with Crippen molar-refractivity contribution < 1.29 is 9.66 Å². The summed E-state index contributed by atoms with van der Waals surface area (Å²) in [4.78, 5) is 11.3. The highest BCUT2D eigenvalue weighted by Gasteiger charge is 2.11. The molecule has 2 aromatic rings. The summed E-state index contributed by atoms with van der Waals surface area (Å²) in [5, 5.41) is 11.2. The molecule has 0 amide bonds. The molecule has 0 radical (unpaired) electrons. The SMILES string of the molecule is O=[N+]([O-])c1ccc(OCc2ccc(Cl)s2)c(CBr)c1. The molecule has 0 aliphatic heterocycles. The van der Waals surface area contributed by atoms with E-state index in [4.69, 9.17) is 16.3 Å². The standard InChI is InChI=1S/C12H9BrClNO3S/c13-6-8-5-9(15(16)17)1-3-11(8)18-7-10-2-4-12(14)19-10/h1-5H,6-7H2. The van der Waals surface area contributed by atoms with Gasteiger partial charge in [-0.25, -0.2) is 0 Å². The van der Waals surface area contributed by atoms with E-state index in [1.165, 1.54) is 23.5 Å². The van der Waals surface area contributed by atoms with Crippen molar-refractivity contribution in [1.82, 2.24) is 0 Å². The molecule has 0 N–H and O–H groups in total. The maximum absolute atomic E-state index is 10.7. The van der Waals surface area contributed by atoms with Crippen LogP contribution in [-0.2, 0) is 11.9 Å². The first-order valence-corrected chi connectivity index (χ1v) is 7.62. The Morgan fingerprint density at radius 1 is 1.37 bits per heavy atom. The average molecular weight is 363 g/mol. The molecule has 0 fully saturated rings. The van der Waals surface area contributed by atoms with Crippen molar-refractivity contribution in [3.05, 3.63) is 55.2 Å². The van der Waals surface area contributed by atoms with Crippen LogP contribution < -0.4 is 4.74 Å². The van der Waals surface area contributed by atoms with Crippen LogP contribution in [0.5, 0.6) is 5.75 Å². The van der Waals surface area contributed by atoms with Crippen LogP contribution >= 0.6 is 38.9 Å². The van der Waals surface area contributed by atoms with E-state index in [1.807, 2.05) is 12.1 Å². The Labute approximate surface area is 127 Å². The lowest BCUT2D eigenvalue weighted by atomic mass is 10.2. The van der Waals surface area contributed by atoms with E-state index in [2.05, 4.69) is 15.9 Å². The summed E-state index contributed by atoms with van der Waals surface area (Å²) in [6.45, 7) is 0.398. The number of hydrogen-bond donors (Lipinski definition) is 0. The highest BCUT2D eigenvalue weighted by Crippen LogP contribution is 2.28. The summed E-state index contributed by atoms with van der Waals surface area (Å²) in [5.41, 5.74) is 0.804. The third-order valence-electron chi connectivity index (χ3n) is 2.40. The van der Waals surface area contributed by atoms with E-state index in [1.54, 1.807) is 6.07 Å². The second-order valence-corrected chi connectivity index (χ2v) is 6.04. The zero-order valence-electron chi connectivity index (χ0n) is 9.64. The molecule has 0 bridgehead atoms. The number of alkyl halides is 1. The molecule has 0 saturated heterocycles.